The topological polar surface area (TPSA) is 41.1 Å². The van der Waals surface area contributed by atoms with Crippen LogP contribution in [0.3, 0.4) is 0 Å². The van der Waals surface area contributed by atoms with Crippen LogP contribution in [0.25, 0.3) is 0 Å². The molecule has 0 radical (unpaired) electrons. The summed E-state index contributed by atoms with van der Waals surface area (Å²) in [6.45, 7) is 4.66. The Kier molecular flexibility index (Phi) is 3.51. The van der Waals surface area contributed by atoms with Crippen LogP contribution < -0.4 is 10.6 Å². The van der Waals surface area contributed by atoms with Crippen molar-refractivity contribution in [2.45, 2.75) is 32.7 Å². The highest BCUT2D eigenvalue weighted by atomic mass is 16.1. The van der Waals surface area contributed by atoms with Gasteiger partial charge in [-0.3, -0.25) is 4.79 Å². The van der Waals surface area contributed by atoms with Gasteiger partial charge in [0.2, 0.25) is 0 Å². The fourth-order valence-electron chi connectivity index (χ4n) is 3.31. The summed E-state index contributed by atoms with van der Waals surface area (Å²) in [4.78, 5) is 11.8. The van der Waals surface area contributed by atoms with Gasteiger partial charge in [-0.25, -0.2) is 0 Å². The number of hydrogen-bond donors (Lipinski definition) is 2. The molecule has 0 aliphatic heterocycles. The van der Waals surface area contributed by atoms with E-state index in [1.165, 1.54) is 12.8 Å². The predicted molar refractivity (Wildman–Crippen MR) is 82.0 cm³/mol. The van der Waals surface area contributed by atoms with E-state index in [-0.39, 0.29) is 5.91 Å². The molecule has 3 atom stereocenters. The second kappa shape index (κ2) is 5.31. The van der Waals surface area contributed by atoms with Crippen LogP contribution >= 0.6 is 0 Å². The van der Waals surface area contributed by atoms with Crippen LogP contribution in [0.2, 0.25) is 0 Å². The molecule has 0 heterocycles. The van der Waals surface area contributed by atoms with E-state index in [1.807, 2.05) is 25.1 Å². The SMILES string of the molecule is CCNC(=O)c1ccc(NC2CC3CC=CC32)c(C)c1. The van der Waals surface area contributed by atoms with Crippen LogP contribution in [-0.2, 0) is 0 Å². The third-order valence-corrected chi connectivity index (χ3v) is 4.53. The minimum absolute atomic E-state index is 0.00424. The Morgan fingerprint density at radius 2 is 2.25 bits per heavy atom. The number of hydrogen-bond acceptors (Lipinski definition) is 2. The minimum Gasteiger partial charge on any atom is -0.381 e. The Labute approximate surface area is 120 Å². The lowest BCUT2D eigenvalue weighted by Gasteiger charge is -2.41. The number of carbonyl (C=O) groups is 1. The number of aryl methyl sites for hydroxylation is 1. The molecule has 1 fully saturated rings. The van der Waals surface area contributed by atoms with Crippen LogP contribution in [0.4, 0.5) is 5.69 Å². The summed E-state index contributed by atoms with van der Waals surface area (Å²) < 4.78 is 0. The fraction of sp³-hybridized carbons (Fsp3) is 0.471. The first-order chi connectivity index (χ1) is 9.69. The maximum atomic E-state index is 11.8. The molecule has 1 amide bonds. The molecule has 0 aromatic heterocycles. The number of carbonyl (C=O) groups excluding carboxylic acids is 1. The summed E-state index contributed by atoms with van der Waals surface area (Å²) in [5.74, 6) is 1.57. The van der Waals surface area contributed by atoms with Gasteiger partial charge in [0.05, 0.1) is 0 Å². The first kappa shape index (κ1) is 13.2. The normalized spacial score (nSPS) is 26.8. The minimum atomic E-state index is 0.00424. The maximum Gasteiger partial charge on any atom is 0.251 e. The Morgan fingerprint density at radius 3 is 2.95 bits per heavy atom. The number of rotatable bonds is 4. The second-order valence-corrected chi connectivity index (χ2v) is 5.88. The smallest absolute Gasteiger partial charge is 0.251 e. The molecule has 20 heavy (non-hydrogen) atoms. The molecule has 0 bridgehead atoms. The molecule has 3 heteroatoms. The molecular formula is C17H22N2O. The van der Waals surface area contributed by atoms with Crippen molar-refractivity contribution in [2.24, 2.45) is 11.8 Å². The summed E-state index contributed by atoms with van der Waals surface area (Å²) in [7, 11) is 0. The Hall–Kier alpha value is -1.77. The van der Waals surface area contributed by atoms with Gasteiger partial charge in [0.1, 0.15) is 0 Å². The van der Waals surface area contributed by atoms with Crippen LogP contribution in [0.1, 0.15) is 35.7 Å². The van der Waals surface area contributed by atoms with Crippen molar-refractivity contribution in [1.82, 2.24) is 5.32 Å². The molecule has 1 saturated carbocycles. The second-order valence-electron chi connectivity index (χ2n) is 5.88. The van der Waals surface area contributed by atoms with Crippen LogP contribution in [0.5, 0.6) is 0 Å². The highest BCUT2D eigenvalue weighted by Gasteiger charge is 2.40. The van der Waals surface area contributed by atoms with E-state index in [0.29, 0.717) is 18.5 Å². The largest absolute Gasteiger partial charge is 0.381 e. The number of nitrogens with one attached hydrogen (secondary N) is 2. The van der Waals surface area contributed by atoms with Crippen molar-refractivity contribution in [3.8, 4) is 0 Å². The predicted octanol–water partition coefficient (Wildman–Crippen LogP) is 3.12. The number of fused-ring (bicyclic) bond motifs is 1. The standard InChI is InChI=1S/C17H22N2O/c1-3-18-17(20)13-7-8-15(11(2)9-13)19-16-10-12-5-4-6-14(12)16/h4,6-9,12,14,16,19H,3,5,10H2,1-2H3,(H,18,20). The maximum absolute atomic E-state index is 11.8. The zero-order chi connectivity index (χ0) is 14.1. The molecule has 106 valence electrons. The van der Waals surface area contributed by atoms with Gasteiger partial charge in [0.25, 0.3) is 5.91 Å². The van der Waals surface area contributed by atoms with Crippen molar-refractivity contribution in [1.29, 1.82) is 0 Å². The third-order valence-electron chi connectivity index (χ3n) is 4.53. The summed E-state index contributed by atoms with van der Waals surface area (Å²) in [5.41, 5.74) is 3.03. The van der Waals surface area contributed by atoms with Crippen LogP contribution in [0, 0.1) is 18.8 Å². The molecule has 1 aromatic rings. The zero-order valence-electron chi connectivity index (χ0n) is 12.1. The lowest BCUT2D eigenvalue weighted by atomic mass is 9.71. The Balaban J connectivity index is 1.68. The summed E-state index contributed by atoms with van der Waals surface area (Å²) in [5, 5.41) is 6.47. The number of anilines is 1. The fourth-order valence-corrected chi connectivity index (χ4v) is 3.31. The third kappa shape index (κ3) is 2.33. The summed E-state index contributed by atoms with van der Waals surface area (Å²) in [6, 6.07) is 6.47. The molecule has 0 saturated heterocycles. The van der Waals surface area contributed by atoms with Gasteiger partial charge < -0.3 is 10.6 Å². The molecular weight excluding hydrogens is 248 g/mol. The first-order valence-electron chi connectivity index (χ1n) is 7.51. The number of benzene rings is 1. The van der Waals surface area contributed by atoms with E-state index in [1.54, 1.807) is 0 Å². The van der Waals surface area contributed by atoms with Crippen molar-refractivity contribution < 1.29 is 4.79 Å². The number of amides is 1. The molecule has 2 N–H and O–H groups in total. The summed E-state index contributed by atoms with van der Waals surface area (Å²) >= 11 is 0. The number of allylic oxidation sites excluding steroid dienone is 1. The van der Waals surface area contributed by atoms with Crippen molar-refractivity contribution in [3.05, 3.63) is 41.5 Å². The van der Waals surface area contributed by atoms with Gasteiger partial charge in [0.15, 0.2) is 0 Å². The van der Waals surface area contributed by atoms with Gasteiger partial charge in [-0.1, -0.05) is 12.2 Å². The molecule has 0 spiro atoms. The monoisotopic (exact) mass is 270 g/mol. The molecule has 2 aliphatic carbocycles. The van der Waals surface area contributed by atoms with Gasteiger partial charge in [-0.2, -0.15) is 0 Å². The van der Waals surface area contributed by atoms with Crippen LogP contribution in [0.15, 0.2) is 30.4 Å². The van der Waals surface area contributed by atoms with E-state index < -0.39 is 0 Å². The van der Waals surface area contributed by atoms with E-state index in [0.717, 1.165) is 22.7 Å². The Bertz CT molecular complexity index is 550. The Morgan fingerprint density at radius 1 is 1.40 bits per heavy atom. The quantitative estimate of drug-likeness (QED) is 0.825. The molecule has 3 unspecified atom stereocenters. The van der Waals surface area contributed by atoms with E-state index in [9.17, 15) is 4.79 Å². The average molecular weight is 270 g/mol. The molecule has 3 rings (SSSR count). The van der Waals surface area contributed by atoms with Gasteiger partial charge in [0, 0.05) is 29.8 Å². The highest BCUT2D eigenvalue weighted by Crippen LogP contribution is 2.44. The van der Waals surface area contributed by atoms with Crippen molar-refractivity contribution in [3.63, 3.8) is 0 Å². The highest BCUT2D eigenvalue weighted by molar-refractivity contribution is 5.94. The van der Waals surface area contributed by atoms with E-state index in [2.05, 4.69) is 29.7 Å². The molecule has 2 aliphatic rings. The first-order valence-corrected chi connectivity index (χ1v) is 7.51. The van der Waals surface area contributed by atoms with E-state index in [4.69, 9.17) is 0 Å². The van der Waals surface area contributed by atoms with Crippen molar-refractivity contribution in [2.75, 3.05) is 11.9 Å². The summed E-state index contributed by atoms with van der Waals surface area (Å²) in [6.07, 6.45) is 7.17. The lowest BCUT2D eigenvalue weighted by Crippen LogP contribution is -2.43. The van der Waals surface area contributed by atoms with Gasteiger partial charge in [-0.05, 0) is 56.4 Å². The van der Waals surface area contributed by atoms with Crippen molar-refractivity contribution >= 4 is 11.6 Å². The van der Waals surface area contributed by atoms with Gasteiger partial charge in [-0.15, -0.1) is 0 Å². The van der Waals surface area contributed by atoms with Crippen LogP contribution in [-0.4, -0.2) is 18.5 Å². The zero-order valence-corrected chi connectivity index (χ0v) is 12.1. The van der Waals surface area contributed by atoms with Gasteiger partial charge >= 0.3 is 0 Å². The lowest BCUT2D eigenvalue weighted by molar-refractivity contribution is 0.0956. The van der Waals surface area contributed by atoms with E-state index >= 15 is 0 Å². The average Bonchev–Trinajstić information content (AvgIpc) is 2.79. The molecule has 1 aromatic carbocycles. The molecule has 3 nitrogen and oxygen atoms in total.